The van der Waals surface area contributed by atoms with E-state index in [9.17, 15) is 92.0 Å². The fourth-order valence-corrected chi connectivity index (χ4v) is 14.0. The number of rotatable bonds is 47. The number of hydrogen-bond acceptors (Lipinski definition) is 24. The molecule has 0 aliphatic carbocycles. The number of fused-ring (bicyclic) bond motifs is 2. The first-order chi connectivity index (χ1) is 60.0. The van der Waals surface area contributed by atoms with Crippen molar-refractivity contribution in [2.24, 2.45) is 34.4 Å². The van der Waals surface area contributed by atoms with Gasteiger partial charge in [0.15, 0.2) is 5.96 Å². The highest BCUT2D eigenvalue weighted by Gasteiger charge is 2.39. The van der Waals surface area contributed by atoms with E-state index in [2.05, 4.69) is 84.4 Å². The first kappa shape index (κ1) is 101. The Morgan fingerprint density at radius 3 is 1.65 bits per heavy atom. The Bertz CT molecular complexity index is 4720. The summed E-state index contributed by atoms with van der Waals surface area (Å²) in [6, 6.07) is -0.128. The number of para-hydroxylation sites is 2. The number of carboxylic acid groups (broad SMARTS) is 2. The first-order valence-corrected chi connectivity index (χ1v) is 41.4. The number of unbranched alkanes of at least 4 members (excludes halogenated alkanes) is 1. The lowest BCUT2D eigenvalue weighted by molar-refractivity contribution is -0.141. The van der Waals surface area contributed by atoms with Gasteiger partial charge in [-0.25, -0.2) is 0 Å². The van der Waals surface area contributed by atoms with E-state index >= 15 is 14.4 Å². The molecule has 2 aromatic heterocycles. The number of phenols is 1. The van der Waals surface area contributed by atoms with Gasteiger partial charge in [-0.05, 0) is 111 Å². The molecule has 684 valence electrons. The number of aromatic nitrogens is 2. The van der Waals surface area contributed by atoms with Crippen LogP contribution in [0.3, 0.4) is 0 Å². The summed E-state index contributed by atoms with van der Waals surface area (Å²) >= 11 is 1.03. The lowest BCUT2D eigenvalue weighted by atomic mass is 10.0. The molecular formula is C79H109N23O23S. The number of carbonyl (C=O) groups is 19. The molecule has 46 nitrogen and oxygen atoms in total. The number of amides is 17. The molecule has 6 rings (SSSR count). The van der Waals surface area contributed by atoms with Crippen LogP contribution in [0.5, 0.6) is 5.75 Å². The molecule has 0 bridgehead atoms. The fourth-order valence-electron chi connectivity index (χ4n) is 13.0. The van der Waals surface area contributed by atoms with Crippen LogP contribution >= 0.6 is 11.8 Å². The van der Waals surface area contributed by atoms with Crippen LogP contribution in [0.4, 0.5) is 0 Å². The van der Waals surface area contributed by atoms with Gasteiger partial charge in [-0.2, -0.15) is 11.8 Å². The van der Waals surface area contributed by atoms with E-state index in [1.807, 2.05) is 0 Å². The second-order valence-corrected chi connectivity index (χ2v) is 30.7. The Kier molecular flexibility index (Phi) is 41.5. The summed E-state index contributed by atoms with van der Waals surface area (Å²) < 4.78 is 5.27. The Morgan fingerprint density at radius 1 is 0.508 bits per heavy atom. The minimum Gasteiger partial charge on any atom is -0.508 e. The molecule has 1 aliphatic rings. The number of guanidine groups is 1. The highest BCUT2D eigenvalue weighted by Crippen LogP contribution is 2.23. The van der Waals surface area contributed by atoms with Crippen LogP contribution in [0.15, 0.2) is 85.2 Å². The molecule has 0 radical (unpaired) electrons. The molecule has 1 aliphatic heterocycles. The average Bonchev–Trinajstić information content (AvgIpc) is 1.65. The van der Waals surface area contributed by atoms with Crippen molar-refractivity contribution < 1.29 is 111 Å². The molecule has 3 heterocycles. The fraction of sp³-hybridized carbons (Fsp3) is 0.468. The van der Waals surface area contributed by atoms with Gasteiger partial charge in [0.25, 0.3) is 0 Å². The van der Waals surface area contributed by atoms with Crippen molar-refractivity contribution in [2.45, 2.75) is 182 Å². The number of ether oxygens (including phenoxy) is 1. The molecule has 5 aromatic rings. The minimum absolute atomic E-state index is 0.0700. The lowest BCUT2D eigenvalue weighted by Crippen LogP contribution is -2.61. The number of nitrogens with two attached hydrogens (primary N) is 6. The van der Waals surface area contributed by atoms with Crippen molar-refractivity contribution in [3.05, 3.63) is 102 Å². The van der Waals surface area contributed by atoms with E-state index in [1.54, 1.807) is 48.5 Å². The van der Waals surface area contributed by atoms with E-state index in [-0.39, 0.29) is 74.6 Å². The van der Waals surface area contributed by atoms with Crippen LogP contribution in [0.25, 0.3) is 21.8 Å². The van der Waals surface area contributed by atoms with Crippen molar-refractivity contribution in [3.8, 4) is 5.75 Å². The molecule has 11 atom stereocenters. The number of carboxylic acids is 2. The number of aromatic hydroxyl groups is 1. The predicted molar refractivity (Wildman–Crippen MR) is 451 cm³/mol. The van der Waals surface area contributed by atoms with Gasteiger partial charge >= 0.3 is 11.9 Å². The second kappa shape index (κ2) is 51.8. The smallest absolute Gasteiger partial charge is 0.305 e. The monoisotopic (exact) mass is 1780 g/mol. The number of aromatic amines is 2. The van der Waals surface area contributed by atoms with Gasteiger partial charge in [-0.3, -0.25) is 96.5 Å². The van der Waals surface area contributed by atoms with E-state index in [4.69, 9.17) is 44.5 Å². The van der Waals surface area contributed by atoms with Gasteiger partial charge in [0.2, 0.25) is 100 Å². The largest absolute Gasteiger partial charge is 0.508 e. The van der Waals surface area contributed by atoms with Gasteiger partial charge in [0.1, 0.15) is 78.8 Å². The number of phenolic OH excluding ortho intramolecular Hbond substituents is 1. The van der Waals surface area contributed by atoms with Gasteiger partial charge < -0.3 is 139 Å². The molecule has 1 saturated heterocycles. The molecular weight excluding hydrogens is 1670 g/mol. The lowest BCUT2D eigenvalue weighted by Gasteiger charge is -2.28. The van der Waals surface area contributed by atoms with Crippen LogP contribution in [0.2, 0.25) is 0 Å². The Labute approximate surface area is 724 Å². The molecule has 1 fully saturated rings. The normalized spacial score (nSPS) is 17.4. The summed E-state index contributed by atoms with van der Waals surface area (Å²) in [5, 5.41) is 73.6. The van der Waals surface area contributed by atoms with Crippen molar-refractivity contribution in [2.75, 3.05) is 50.9 Å². The highest BCUT2D eigenvalue weighted by molar-refractivity contribution is 7.99. The number of thioether (sulfide) groups is 1. The third-order valence-corrected chi connectivity index (χ3v) is 20.6. The Morgan fingerprint density at radius 2 is 1.05 bits per heavy atom. The third kappa shape index (κ3) is 35.5. The molecule has 47 heteroatoms. The minimum atomic E-state index is -1.96. The van der Waals surface area contributed by atoms with Gasteiger partial charge in [0, 0.05) is 98.0 Å². The molecule has 3 aromatic carbocycles. The van der Waals surface area contributed by atoms with Crippen molar-refractivity contribution >= 4 is 152 Å². The standard InChI is InChI=1S/C79H109N23O23S/c80-26-6-5-12-49(68(84)114)92-65(109)40-125-29-28-87-64(108)39-91-69(115)58(35-62(83)106)101-73(119)53(20-23-66(110)111)95-70(116)50(13-7-27-88-79(85)86)94-76(122)56(33-42-37-89-47-10-3-1-8-45(42)47)99-75(121)55(32-41-14-16-44(103)17-15-41)98-74(120)54-24-30-126-31-25-63(107)93-51(18-21-60(81)104)71(117)102-59(36-67(112)113)78(124)100-57(34-43-38-90-48-11-4-2-9-46(43)48)77(123)96-52(72(118)97-54)19-22-61(82)105/h1-4,8-11,14-17,37-38,49-59,89-90,103H,5-7,12-13,18-36,39-40,80H2,(H2,81,104)(H2,82,105)(H2,83,106)(H2,84,114)(H,87,108)(H,91,115)(H,92,109)(H,93,107)(H,94,122)(H,95,116)(H,96,123)(H,97,118)(H,98,120)(H,99,121)(H,100,124)(H,101,119)(H,102,117)(H,110,111)(H,112,113)(H4,85,86,88)/t49-,50+,51+,52+,53+,54+,55+,56+,57+,58+,59+/m1/s1. The Hall–Kier alpha value is -14.0. The number of primary amides is 4. The zero-order valence-corrected chi connectivity index (χ0v) is 69.5. The van der Waals surface area contributed by atoms with Crippen LogP contribution < -0.4 is 109 Å². The maximum atomic E-state index is 15.5. The molecule has 0 unspecified atom stereocenters. The average molecular weight is 1780 g/mol. The number of nitrogens with one attached hydrogen (secondary N) is 17. The van der Waals surface area contributed by atoms with Crippen molar-refractivity contribution in [1.82, 2.24) is 84.4 Å². The third-order valence-electron chi connectivity index (χ3n) is 19.6. The number of benzene rings is 3. The van der Waals surface area contributed by atoms with Crippen molar-refractivity contribution in [3.63, 3.8) is 0 Å². The van der Waals surface area contributed by atoms with Gasteiger partial charge in [0.05, 0.1) is 26.0 Å². The van der Waals surface area contributed by atoms with Crippen LogP contribution in [0.1, 0.15) is 113 Å². The summed E-state index contributed by atoms with van der Waals surface area (Å²) in [4.78, 5) is 266. The van der Waals surface area contributed by atoms with Crippen LogP contribution in [-0.2, 0) is 115 Å². The molecule has 0 spiro atoms. The highest BCUT2D eigenvalue weighted by atomic mass is 32.2. The van der Waals surface area contributed by atoms with Gasteiger partial charge in [-0.1, -0.05) is 48.5 Å². The summed E-state index contributed by atoms with van der Waals surface area (Å²) in [6.45, 7) is -1.51. The van der Waals surface area contributed by atoms with Gasteiger partial charge in [-0.15, -0.1) is 0 Å². The molecule has 17 amide bonds. The van der Waals surface area contributed by atoms with E-state index in [1.165, 1.54) is 36.7 Å². The summed E-state index contributed by atoms with van der Waals surface area (Å²) in [6.07, 6.45) is -3.68. The maximum absolute atomic E-state index is 15.5. The summed E-state index contributed by atoms with van der Waals surface area (Å²) in [7, 11) is 0. The quantitative estimate of drug-likeness (QED) is 0.00978. The topological polar surface area (TPSA) is 774 Å². The van der Waals surface area contributed by atoms with Crippen LogP contribution in [0, 0.1) is 5.41 Å². The summed E-state index contributed by atoms with van der Waals surface area (Å²) in [5.74, 6) is -21.7. The molecule has 0 saturated carbocycles. The summed E-state index contributed by atoms with van der Waals surface area (Å²) in [5.41, 5.74) is 35.1. The predicted octanol–water partition coefficient (Wildman–Crippen LogP) is -6.89. The zero-order chi connectivity index (χ0) is 92.5. The van der Waals surface area contributed by atoms with E-state index in [0.29, 0.717) is 52.3 Å². The van der Waals surface area contributed by atoms with Crippen molar-refractivity contribution in [1.29, 1.82) is 5.41 Å². The van der Waals surface area contributed by atoms with E-state index in [0.717, 1.165) is 11.8 Å². The van der Waals surface area contributed by atoms with E-state index < -0.39 is 269 Å². The zero-order valence-electron chi connectivity index (χ0n) is 68.7. The molecule has 32 N–H and O–H groups in total. The first-order valence-electron chi connectivity index (χ1n) is 40.2. The number of H-pyrrole nitrogens is 2. The number of aliphatic carboxylic acids is 2. The van der Waals surface area contributed by atoms with Crippen LogP contribution in [-0.4, -0.2) is 261 Å². The maximum Gasteiger partial charge on any atom is 0.305 e. The second-order valence-electron chi connectivity index (χ2n) is 29.4. The number of hydrogen-bond donors (Lipinski definition) is 26. The number of carbonyl (C=O) groups excluding carboxylic acids is 17. The Balaban J connectivity index is 1.32. The molecule has 126 heavy (non-hydrogen) atoms. The SMILES string of the molecule is N=C(N)NCCC[C@H](NC(=O)[C@H](Cc1c[nH]c2ccccc12)NC(=O)[C@H](Cc1ccc(O)cc1)NC(=O)[C@@H]1CCSCCC(=O)N[C@@H](CCC(N)=O)C(=O)N[C@@H](CC(=O)O)C(=O)N[C@@H](Cc2c[nH]c3ccccc23)C(=O)N[C@@H](CCC(N)=O)C(=O)N1)C(=O)N[C@@H](CCC(=O)O)C(=O)N[C@@H](CC(N)=O)C(=O)NCC(=O)NCCOCC(=O)N[C@H](CCCCN)C(N)=O.